The zero-order valence-corrected chi connectivity index (χ0v) is 11.6. The predicted octanol–water partition coefficient (Wildman–Crippen LogP) is 3.84. The first-order chi connectivity index (χ1) is 9.84. The number of hydrogen-bond acceptors (Lipinski definition) is 3. The van der Waals surface area contributed by atoms with Gasteiger partial charge >= 0.3 is 6.18 Å². The third-order valence-electron chi connectivity index (χ3n) is 2.94. The molecule has 1 unspecified atom stereocenters. The van der Waals surface area contributed by atoms with E-state index in [1.807, 2.05) is 0 Å². The number of nitrogens with zero attached hydrogens (tertiary/aromatic N) is 1. The van der Waals surface area contributed by atoms with Crippen LogP contribution in [0.2, 0.25) is 5.02 Å². The van der Waals surface area contributed by atoms with Gasteiger partial charge < -0.3 is 9.84 Å². The lowest BCUT2D eigenvalue weighted by molar-refractivity contribution is -0.139. The number of aromatic nitrogens is 1. The van der Waals surface area contributed by atoms with Gasteiger partial charge in [0.15, 0.2) is 0 Å². The van der Waals surface area contributed by atoms with Crippen molar-refractivity contribution in [2.75, 3.05) is 7.11 Å². The number of hydrogen-bond donors (Lipinski definition) is 1. The maximum absolute atomic E-state index is 12.9. The highest BCUT2D eigenvalue weighted by Crippen LogP contribution is 2.37. The standard InChI is InChI=1S/C14H11ClF3NO2/c1-21-12-3-2-8(6-11(12)15)13(20)9-7-19-5-4-10(9)14(16,17)18/h2-7,13,20H,1H3. The molecule has 3 nitrogen and oxygen atoms in total. The molecule has 0 aliphatic rings. The summed E-state index contributed by atoms with van der Waals surface area (Å²) in [5.41, 5.74) is -1.04. The van der Waals surface area contributed by atoms with Crippen molar-refractivity contribution in [2.24, 2.45) is 0 Å². The Hall–Kier alpha value is -1.79. The first-order valence-corrected chi connectivity index (χ1v) is 6.25. The van der Waals surface area contributed by atoms with E-state index in [2.05, 4.69) is 4.98 Å². The molecule has 1 aromatic heterocycles. The molecule has 2 rings (SSSR count). The zero-order chi connectivity index (χ0) is 15.6. The molecule has 7 heteroatoms. The lowest BCUT2D eigenvalue weighted by Gasteiger charge is -2.17. The molecule has 0 radical (unpaired) electrons. The van der Waals surface area contributed by atoms with Crippen molar-refractivity contribution in [3.8, 4) is 5.75 Å². The van der Waals surface area contributed by atoms with Crippen LogP contribution in [0.25, 0.3) is 0 Å². The molecule has 0 aliphatic heterocycles. The summed E-state index contributed by atoms with van der Waals surface area (Å²) in [7, 11) is 1.42. The monoisotopic (exact) mass is 317 g/mol. The molecular formula is C14H11ClF3NO2. The Labute approximate surface area is 124 Å². The SMILES string of the molecule is COc1ccc(C(O)c2cnccc2C(F)(F)F)cc1Cl. The predicted molar refractivity (Wildman–Crippen MR) is 71.3 cm³/mol. The molecule has 2 aromatic rings. The highest BCUT2D eigenvalue weighted by Gasteiger charge is 2.35. The minimum absolute atomic E-state index is 0.200. The summed E-state index contributed by atoms with van der Waals surface area (Å²) in [6.07, 6.45) is -4.04. The molecule has 1 aromatic carbocycles. The lowest BCUT2D eigenvalue weighted by atomic mass is 9.98. The highest BCUT2D eigenvalue weighted by molar-refractivity contribution is 6.32. The minimum Gasteiger partial charge on any atom is -0.495 e. The summed E-state index contributed by atoms with van der Waals surface area (Å²) < 4.78 is 43.8. The van der Waals surface area contributed by atoms with Gasteiger partial charge in [-0.25, -0.2) is 0 Å². The molecule has 112 valence electrons. The topological polar surface area (TPSA) is 42.4 Å². The molecule has 0 aliphatic carbocycles. The molecule has 0 saturated carbocycles. The third-order valence-corrected chi connectivity index (χ3v) is 3.24. The summed E-state index contributed by atoms with van der Waals surface area (Å²) in [5.74, 6) is 0.370. The molecule has 1 N–H and O–H groups in total. The minimum atomic E-state index is -4.57. The van der Waals surface area contributed by atoms with Crippen LogP contribution >= 0.6 is 11.6 Å². The molecule has 1 heterocycles. The summed E-state index contributed by atoms with van der Waals surface area (Å²) in [6.45, 7) is 0. The van der Waals surface area contributed by atoms with Crippen LogP contribution < -0.4 is 4.74 Å². The van der Waals surface area contributed by atoms with Gasteiger partial charge in [0.05, 0.1) is 17.7 Å². The average molecular weight is 318 g/mol. The molecule has 0 bridgehead atoms. The van der Waals surface area contributed by atoms with E-state index in [0.29, 0.717) is 5.75 Å². The van der Waals surface area contributed by atoms with Gasteiger partial charge in [0.1, 0.15) is 11.9 Å². The largest absolute Gasteiger partial charge is 0.495 e. The van der Waals surface area contributed by atoms with Gasteiger partial charge in [-0.3, -0.25) is 4.98 Å². The van der Waals surface area contributed by atoms with Crippen molar-refractivity contribution in [3.63, 3.8) is 0 Å². The van der Waals surface area contributed by atoms with Crippen molar-refractivity contribution in [3.05, 3.63) is 58.4 Å². The fourth-order valence-electron chi connectivity index (χ4n) is 1.91. The van der Waals surface area contributed by atoms with Gasteiger partial charge in [-0.15, -0.1) is 0 Å². The van der Waals surface area contributed by atoms with E-state index in [9.17, 15) is 18.3 Å². The van der Waals surface area contributed by atoms with Gasteiger partial charge in [-0.05, 0) is 23.8 Å². The Morgan fingerprint density at radius 3 is 2.57 bits per heavy atom. The number of benzene rings is 1. The lowest BCUT2D eigenvalue weighted by Crippen LogP contribution is -2.13. The number of methoxy groups -OCH3 is 1. The van der Waals surface area contributed by atoms with Crippen LogP contribution in [0.15, 0.2) is 36.7 Å². The Morgan fingerprint density at radius 1 is 1.29 bits per heavy atom. The molecule has 0 spiro atoms. The number of ether oxygens (including phenoxy) is 1. The number of halogens is 4. The number of rotatable bonds is 3. The van der Waals surface area contributed by atoms with Gasteiger partial charge in [0.25, 0.3) is 0 Å². The molecule has 0 amide bonds. The Balaban J connectivity index is 2.45. The van der Waals surface area contributed by atoms with Crippen LogP contribution in [0.5, 0.6) is 5.75 Å². The summed E-state index contributed by atoms with van der Waals surface area (Å²) in [5, 5.41) is 10.4. The molecule has 1 atom stereocenters. The highest BCUT2D eigenvalue weighted by atomic mass is 35.5. The molecule has 0 saturated heterocycles. The second-order valence-corrected chi connectivity index (χ2v) is 4.66. The second kappa shape index (κ2) is 5.91. The van der Waals surface area contributed by atoms with Crippen molar-refractivity contribution >= 4 is 11.6 Å². The Bertz CT molecular complexity index is 646. The van der Waals surface area contributed by atoms with E-state index >= 15 is 0 Å². The number of aliphatic hydroxyl groups is 1. The van der Waals surface area contributed by atoms with Crippen LogP contribution in [0, 0.1) is 0 Å². The van der Waals surface area contributed by atoms with Gasteiger partial charge in [0.2, 0.25) is 0 Å². The average Bonchev–Trinajstić information content (AvgIpc) is 2.45. The van der Waals surface area contributed by atoms with Crippen molar-refractivity contribution in [2.45, 2.75) is 12.3 Å². The van der Waals surface area contributed by atoms with Crippen molar-refractivity contribution < 1.29 is 23.0 Å². The maximum atomic E-state index is 12.9. The normalized spacial score (nSPS) is 13.0. The van der Waals surface area contributed by atoms with E-state index in [-0.39, 0.29) is 16.1 Å². The second-order valence-electron chi connectivity index (χ2n) is 4.26. The van der Waals surface area contributed by atoms with E-state index in [4.69, 9.17) is 16.3 Å². The molecule has 0 fully saturated rings. The van der Waals surface area contributed by atoms with E-state index in [0.717, 1.165) is 18.5 Å². The summed E-state index contributed by atoms with van der Waals surface area (Å²) in [4.78, 5) is 3.64. The smallest absolute Gasteiger partial charge is 0.416 e. The van der Waals surface area contributed by atoms with Crippen LogP contribution in [0.3, 0.4) is 0 Å². The first kappa shape index (κ1) is 15.6. The van der Waals surface area contributed by atoms with E-state index in [1.54, 1.807) is 0 Å². The molecule has 21 heavy (non-hydrogen) atoms. The van der Waals surface area contributed by atoms with Gasteiger partial charge in [-0.2, -0.15) is 13.2 Å². The van der Waals surface area contributed by atoms with E-state index < -0.39 is 17.8 Å². The van der Waals surface area contributed by atoms with Crippen LogP contribution in [0.1, 0.15) is 22.8 Å². The third kappa shape index (κ3) is 3.28. The number of aliphatic hydroxyl groups excluding tert-OH is 1. The van der Waals surface area contributed by atoms with E-state index in [1.165, 1.54) is 25.3 Å². The molecular weight excluding hydrogens is 307 g/mol. The van der Waals surface area contributed by atoms with Crippen LogP contribution in [0.4, 0.5) is 13.2 Å². The number of pyridine rings is 1. The van der Waals surface area contributed by atoms with Crippen molar-refractivity contribution in [1.82, 2.24) is 4.98 Å². The van der Waals surface area contributed by atoms with Gasteiger partial charge in [0, 0.05) is 18.0 Å². The fourth-order valence-corrected chi connectivity index (χ4v) is 2.18. The van der Waals surface area contributed by atoms with Crippen LogP contribution in [-0.2, 0) is 6.18 Å². The summed E-state index contributed by atoms with van der Waals surface area (Å²) in [6, 6.07) is 5.11. The Morgan fingerprint density at radius 2 is 2.00 bits per heavy atom. The zero-order valence-electron chi connectivity index (χ0n) is 10.9. The van der Waals surface area contributed by atoms with Crippen molar-refractivity contribution in [1.29, 1.82) is 0 Å². The number of alkyl halides is 3. The maximum Gasteiger partial charge on any atom is 0.416 e. The van der Waals surface area contributed by atoms with Crippen LogP contribution in [-0.4, -0.2) is 17.2 Å². The quantitative estimate of drug-likeness (QED) is 0.935. The van der Waals surface area contributed by atoms with Gasteiger partial charge in [-0.1, -0.05) is 17.7 Å². The first-order valence-electron chi connectivity index (χ1n) is 5.87. The fraction of sp³-hybridized carbons (Fsp3) is 0.214. The Kier molecular flexibility index (Phi) is 4.39. The summed E-state index contributed by atoms with van der Waals surface area (Å²) >= 11 is 5.92.